The summed E-state index contributed by atoms with van der Waals surface area (Å²) in [6.07, 6.45) is 2.91. The topological polar surface area (TPSA) is 101 Å². The summed E-state index contributed by atoms with van der Waals surface area (Å²) in [5.74, 6) is 5.19. The number of pyridine rings is 1. The van der Waals surface area contributed by atoms with Crippen LogP contribution >= 0.6 is 11.3 Å². The van der Waals surface area contributed by atoms with Gasteiger partial charge in [-0.1, -0.05) is 23.2 Å². The van der Waals surface area contributed by atoms with Crippen LogP contribution in [0.5, 0.6) is 0 Å². The Morgan fingerprint density at radius 1 is 1.53 bits per heavy atom. The van der Waals surface area contributed by atoms with Crippen molar-refractivity contribution < 1.29 is 4.79 Å². The fourth-order valence-electron chi connectivity index (χ4n) is 1.25. The first-order chi connectivity index (χ1) is 9.19. The molecule has 19 heavy (non-hydrogen) atoms. The summed E-state index contributed by atoms with van der Waals surface area (Å²) in [5.41, 5.74) is 5.36. The van der Waals surface area contributed by atoms with E-state index in [9.17, 15) is 9.59 Å². The molecule has 0 atom stereocenters. The Hall–Kier alpha value is -2.43. The van der Waals surface area contributed by atoms with E-state index in [0.717, 1.165) is 4.88 Å². The number of rotatable bonds is 2. The highest BCUT2D eigenvalue weighted by molar-refractivity contribution is 7.16. The molecule has 2 aromatic rings. The fraction of sp³-hybridized carbons (Fsp3) is 0.0833. The number of anilines is 1. The lowest BCUT2D eigenvalue weighted by atomic mass is 10.3. The van der Waals surface area contributed by atoms with E-state index in [0.29, 0.717) is 10.7 Å². The number of H-pyrrole nitrogens is 1. The molecular formula is C12H10N4O2S. The SMILES string of the molecule is NCC#Cc1cnc(NC(=O)c2ccc(=O)[nH]c2)s1. The molecule has 4 N–H and O–H groups in total. The predicted octanol–water partition coefficient (Wildman–Crippen LogP) is 0.394. The highest BCUT2D eigenvalue weighted by atomic mass is 32.1. The highest BCUT2D eigenvalue weighted by Gasteiger charge is 2.08. The smallest absolute Gasteiger partial charge is 0.258 e. The summed E-state index contributed by atoms with van der Waals surface area (Å²) >= 11 is 1.25. The second-order valence-corrected chi connectivity index (χ2v) is 4.46. The minimum atomic E-state index is -0.344. The molecule has 0 saturated heterocycles. The number of amides is 1. The molecule has 0 saturated carbocycles. The van der Waals surface area contributed by atoms with E-state index in [1.54, 1.807) is 6.20 Å². The maximum atomic E-state index is 11.8. The molecule has 0 aliphatic heterocycles. The van der Waals surface area contributed by atoms with Gasteiger partial charge >= 0.3 is 0 Å². The Morgan fingerprint density at radius 2 is 2.37 bits per heavy atom. The van der Waals surface area contributed by atoms with Crippen molar-refractivity contribution in [3.8, 4) is 11.8 Å². The van der Waals surface area contributed by atoms with Crippen LogP contribution in [0, 0.1) is 11.8 Å². The van der Waals surface area contributed by atoms with Crippen LogP contribution in [-0.4, -0.2) is 22.4 Å². The molecule has 0 radical (unpaired) electrons. The largest absolute Gasteiger partial charge is 0.328 e. The molecule has 2 aromatic heterocycles. The van der Waals surface area contributed by atoms with Crippen LogP contribution < -0.4 is 16.6 Å². The van der Waals surface area contributed by atoms with Crippen LogP contribution in [-0.2, 0) is 0 Å². The van der Waals surface area contributed by atoms with Crippen molar-refractivity contribution in [2.24, 2.45) is 5.73 Å². The quantitative estimate of drug-likeness (QED) is 0.690. The number of hydrogen-bond donors (Lipinski definition) is 3. The van der Waals surface area contributed by atoms with Crippen LogP contribution in [0.1, 0.15) is 15.2 Å². The van der Waals surface area contributed by atoms with Crippen molar-refractivity contribution in [2.45, 2.75) is 0 Å². The average Bonchev–Trinajstić information content (AvgIpc) is 2.84. The highest BCUT2D eigenvalue weighted by Crippen LogP contribution is 2.17. The van der Waals surface area contributed by atoms with Gasteiger partial charge in [-0.25, -0.2) is 4.98 Å². The Bertz CT molecular complexity index is 688. The zero-order chi connectivity index (χ0) is 13.7. The van der Waals surface area contributed by atoms with Crippen LogP contribution in [0.2, 0.25) is 0 Å². The van der Waals surface area contributed by atoms with Gasteiger partial charge in [-0.05, 0) is 6.07 Å². The number of carbonyl (C=O) groups excluding carboxylic acids is 1. The summed E-state index contributed by atoms with van der Waals surface area (Å²) in [7, 11) is 0. The third-order valence-corrected chi connectivity index (χ3v) is 2.91. The van der Waals surface area contributed by atoms with Crippen molar-refractivity contribution in [3.63, 3.8) is 0 Å². The number of nitrogens with two attached hydrogens (primary N) is 1. The van der Waals surface area contributed by atoms with Gasteiger partial charge in [-0.2, -0.15) is 0 Å². The Morgan fingerprint density at radius 3 is 3.05 bits per heavy atom. The summed E-state index contributed by atoms with van der Waals surface area (Å²) in [5, 5.41) is 3.06. The molecule has 0 bridgehead atoms. The minimum absolute atomic E-state index is 0.259. The van der Waals surface area contributed by atoms with E-state index in [1.807, 2.05) is 0 Å². The van der Waals surface area contributed by atoms with Crippen molar-refractivity contribution in [1.82, 2.24) is 9.97 Å². The third kappa shape index (κ3) is 3.51. The first-order valence-corrected chi connectivity index (χ1v) is 6.15. The van der Waals surface area contributed by atoms with E-state index in [2.05, 4.69) is 27.1 Å². The second-order valence-electron chi connectivity index (χ2n) is 3.43. The molecule has 0 fully saturated rings. The monoisotopic (exact) mass is 274 g/mol. The van der Waals surface area contributed by atoms with Gasteiger partial charge in [0.2, 0.25) is 5.56 Å². The Kier molecular flexibility index (Phi) is 4.07. The summed E-state index contributed by atoms with van der Waals surface area (Å²) in [4.78, 5) is 29.9. The van der Waals surface area contributed by atoms with Crippen LogP contribution in [0.25, 0.3) is 0 Å². The molecule has 0 unspecified atom stereocenters. The Balaban J connectivity index is 2.08. The molecule has 0 aromatic carbocycles. The van der Waals surface area contributed by atoms with Gasteiger partial charge in [0.15, 0.2) is 5.13 Å². The number of nitrogens with one attached hydrogen (secondary N) is 2. The predicted molar refractivity (Wildman–Crippen MR) is 73.1 cm³/mol. The first kappa shape index (κ1) is 13.0. The first-order valence-electron chi connectivity index (χ1n) is 5.34. The van der Waals surface area contributed by atoms with Crippen molar-refractivity contribution in [1.29, 1.82) is 0 Å². The Labute approximate surface area is 112 Å². The lowest BCUT2D eigenvalue weighted by molar-refractivity contribution is 0.102. The maximum Gasteiger partial charge on any atom is 0.258 e. The lowest BCUT2D eigenvalue weighted by Gasteiger charge is -1.99. The van der Waals surface area contributed by atoms with Gasteiger partial charge in [-0.3, -0.25) is 14.9 Å². The lowest BCUT2D eigenvalue weighted by Crippen LogP contribution is -2.14. The molecule has 96 valence electrons. The third-order valence-electron chi connectivity index (χ3n) is 2.09. The summed E-state index contributed by atoms with van der Waals surface area (Å²) in [6, 6.07) is 2.73. The fourth-order valence-corrected chi connectivity index (χ4v) is 1.93. The molecule has 7 heteroatoms. The molecule has 1 amide bonds. The molecule has 6 nitrogen and oxygen atoms in total. The number of aromatic nitrogens is 2. The zero-order valence-corrected chi connectivity index (χ0v) is 10.6. The van der Waals surface area contributed by atoms with Gasteiger partial charge < -0.3 is 10.7 Å². The molecule has 0 aliphatic carbocycles. The normalized spacial score (nSPS) is 9.53. The van der Waals surface area contributed by atoms with Gasteiger partial charge in [0, 0.05) is 12.3 Å². The van der Waals surface area contributed by atoms with Crippen LogP contribution in [0.3, 0.4) is 0 Å². The second kappa shape index (κ2) is 5.95. The van der Waals surface area contributed by atoms with Crippen molar-refractivity contribution in [3.05, 3.63) is 45.3 Å². The molecule has 0 spiro atoms. The number of thiazole rings is 1. The minimum Gasteiger partial charge on any atom is -0.328 e. The van der Waals surface area contributed by atoms with Gasteiger partial charge in [0.25, 0.3) is 5.91 Å². The van der Waals surface area contributed by atoms with Gasteiger partial charge in [0.05, 0.1) is 23.2 Å². The maximum absolute atomic E-state index is 11.8. The number of aromatic amines is 1. The summed E-state index contributed by atoms with van der Waals surface area (Å²) < 4.78 is 0. The van der Waals surface area contributed by atoms with Gasteiger partial charge in [-0.15, -0.1) is 0 Å². The molecule has 2 heterocycles. The van der Waals surface area contributed by atoms with E-state index in [-0.39, 0.29) is 18.0 Å². The van der Waals surface area contributed by atoms with E-state index >= 15 is 0 Å². The van der Waals surface area contributed by atoms with Crippen LogP contribution in [0.4, 0.5) is 5.13 Å². The van der Waals surface area contributed by atoms with Crippen LogP contribution in [0.15, 0.2) is 29.3 Å². The molecule has 2 rings (SSSR count). The number of hydrogen-bond acceptors (Lipinski definition) is 5. The number of carbonyl (C=O) groups is 1. The van der Waals surface area contributed by atoms with E-state index in [4.69, 9.17) is 5.73 Å². The molecular weight excluding hydrogens is 264 g/mol. The van der Waals surface area contributed by atoms with Crippen molar-refractivity contribution in [2.75, 3.05) is 11.9 Å². The standard InChI is InChI=1S/C12H10N4O2S/c13-5-1-2-9-7-15-12(19-9)16-11(18)8-3-4-10(17)14-6-8/h3-4,6-7H,5,13H2,(H,14,17)(H,15,16,18). The van der Waals surface area contributed by atoms with E-state index < -0.39 is 0 Å². The molecule has 0 aliphatic rings. The van der Waals surface area contributed by atoms with E-state index in [1.165, 1.54) is 29.7 Å². The van der Waals surface area contributed by atoms with Gasteiger partial charge in [0.1, 0.15) is 0 Å². The average molecular weight is 274 g/mol. The number of nitrogens with zero attached hydrogens (tertiary/aromatic N) is 1. The summed E-state index contributed by atoms with van der Waals surface area (Å²) in [6.45, 7) is 0.275. The van der Waals surface area contributed by atoms with Crippen molar-refractivity contribution >= 4 is 22.4 Å². The zero-order valence-electron chi connectivity index (χ0n) is 9.77.